The molecule has 3 rings (SSSR count). The average molecular weight is 293 g/mol. The Morgan fingerprint density at radius 2 is 2.29 bits per heavy atom. The number of hydrogen-bond acceptors (Lipinski definition) is 5. The highest BCUT2D eigenvalue weighted by molar-refractivity contribution is 5.92. The van der Waals surface area contributed by atoms with Crippen LogP contribution in [-0.2, 0) is 16.0 Å². The molecule has 2 heterocycles. The lowest BCUT2D eigenvalue weighted by Gasteiger charge is -2.23. The highest BCUT2D eigenvalue weighted by Crippen LogP contribution is 2.43. The minimum atomic E-state index is -0.464. The molecule has 21 heavy (non-hydrogen) atoms. The van der Waals surface area contributed by atoms with Crippen LogP contribution < -0.4 is 5.73 Å². The van der Waals surface area contributed by atoms with Gasteiger partial charge in [-0.25, -0.2) is 4.79 Å². The van der Waals surface area contributed by atoms with Gasteiger partial charge in [-0.3, -0.25) is 4.68 Å². The number of aromatic nitrogens is 2. The molecule has 1 unspecified atom stereocenters. The number of ether oxygens (including phenoxy) is 2. The van der Waals surface area contributed by atoms with Gasteiger partial charge in [0.05, 0.1) is 30.5 Å². The fourth-order valence-electron chi connectivity index (χ4n) is 3.51. The summed E-state index contributed by atoms with van der Waals surface area (Å²) in [5.74, 6) is -0.464. The lowest BCUT2D eigenvalue weighted by molar-refractivity contribution is -0.0429. The van der Waals surface area contributed by atoms with Crippen LogP contribution in [0.4, 0.5) is 5.69 Å². The first-order valence-electron chi connectivity index (χ1n) is 7.80. The van der Waals surface area contributed by atoms with Crippen molar-refractivity contribution in [3.63, 3.8) is 0 Å². The second-order valence-corrected chi connectivity index (χ2v) is 6.04. The van der Waals surface area contributed by atoms with Crippen LogP contribution in [0, 0.1) is 0 Å². The monoisotopic (exact) mass is 293 g/mol. The standard InChI is InChI=1S/C15H23N3O3/c1-2-20-14(19)13-12(16)10-18(17-13)9-11-5-8-15(21-11)6-3-4-7-15/h10-11H,2-9,16H2,1H3. The number of carbonyl (C=O) groups is 1. The molecule has 1 saturated carbocycles. The molecule has 116 valence electrons. The molecule has 1 aromatic rings. The van der Waals surface area contributed by atoms with Crippen LogP contribution in [0.15, 0.2) is 6.20 Å². The molecule has 1 saturated heterocycles. The Morgan fingerprint density at radius 3 is 3.00 bits per heavy atom. The van der Waals surface area contributed by atoms with Crippen molar-refractivity contribution in [1.82, 2.24) is 9.78 Å². The van der Waals surface area contributed by atoms with Gasteiger partial charge < -0.3 is 15.2 Å². The van der Waals surface area contributed by atoms with Gasteiger partial charge in [0.25, 0.3) is 0 Å². The molecule has 0 amide bonds. The first-order chi connectivity index (χ1) is 10.1. The Morgan fingerprint density at radius 1 is 1.52 bits per heavy atom. The van der Waals surface area contributed by atoms with Gasteiger partial charge in [-0.05, 0) is 32.6 Å². The number of hydrogen-bond donors (Lipinski definition) is 1. The molecular weight excluding hydrogens is 270 g/mol. The van der Waals surface area contributed by atoms with Gasteiger partial charge >= 0.3 is 5.97 Å². The smallest absolute Gasteiger partial charge is 0.361 e. The van der Waals surface area contributed by atoms with E-state index in [9.17, 15) is 4.79 Å². The molecule has 0 aromatic carbocycles. The van der Waals surface area contributed by atoms with Gasteiger partial charge in [0.1, 0.15) is 0 Å². The Balaban J connectivity index is 1.63. The molecule has 2 aliphatic rings. The van der Waals surface area contributed by atoms with Crippen LogP contribution in [0.25, 0.3) is 0 Å². The van der Waals surface area contributed by atoms with E-state index in [1.807, 2.05) is 0 Å². The summed E-state index contributed by atoms with van der Waals surface area (Å²) in [6.07, 6.45) is 8.95. The third-order valence-corrected chi connectivity index (χ3v) is 4.50. The van der Waals surface area contributed by atoms with Crippen LogP contribution in [0.2, 0.25) is 0 Å². The van der Waals surface area contributed by atoms with E-state index in [1.165, 1.54) is 25.7 Å². The molecular formula is C15H23N3O3. The summed E-state index contributed by atoms with van der Waals surface area (Å²) < 4.78 is 12.9. The quantitative estimate of drug-likeness (QED) is 0.860. The fourth-order valence-corrected chi connectivity index (χ4v) is 3.51. The van der Waals surface area contributed by atoms with Gasteiger partial charge in [-0.15, -0.1) is 0 Å². The Labute approximate surface area is 124 Å². The maximum Gasteiger partial charge on any atom is 0.361 e. The third-order valence-electron chi connectivity index (χ3n) is 4.50. The van der Waals surface area contributed by atoms with Crippen LogP contribution in [0.1, 0.15) is 55.9 Å². The fraction of sp³-hybridized carbons (Fsp3) is 0.733. The first-order valence-corrected chi connectivity index (χ1v) is 7.80. The molecule has 0 radical (unpaired) electrons. The van der Waals surface area contributed by atoms with Crippen molar-refractivity contribution >= 4 is 11.7 Å². The predicted octanol–water partition coefficient (Wildman–Crippen LogP) is 2.13. The number of rotatable bonds is 4. The molecule has 1 spiro atoms. The minimum absolute atomic E-state index is 0.118. The van der Waals surface area contributed by atoms with Crippen molar-refractivity contribution in [2.45, 2.75) is 63.7 Å². The molecule has 0 bridgehead atoms. The van der Waals surface area contributed by atoms with E-state index < -0.39 is 5.97 Å². The maximum atomic E-state index is 11.7. The van der Waals surface area contributed by atoms with Crippen molar-refractivity contribution in [2.24, 2.45) is 0 Å². The van der Waals surface area contributed by atoms with Gasteiger partial charge in [0.15, 0.2) is 5.69 Å². The van der Waals surface area contributed by atoms with E-state index in [0.29, 0.717) is 18.8 Å². The summed E-state index contributed by atoms with van der Waals surface area (Å²) in [5, 5.41) is 4.24. The highest BCUT2D eigenvalue weighted by atomic mass is 16.5. The van der Waals surface area contributed by atoms with Gasteiger partial charge in [0, 0.05) is 6.20 Å². The second kappa shape index (κ2) is 5.67. The topological polar surface area (TPSA) is 79.4 Å². The van der Waals surface area contributed by atoms with E-state index in [1.54, 1.807) is 17.8 Å². The highest BCUT2D eigenvalue weighted by Gasteiger charge is 2.42. The van der Waals surface area contributed by atoms with E-state index in [4.69, 9.17) is 15.2 Å². The number of esters is 1. The van der Waals surface area contributed by atoms with E-state index >= 15 is 0 Å². The Bertz CT molecular complexity index is 520. The van der Waals surface area contributed by atoms with Gasteiger partial charge in [-0.2, -0.15) is 5.10 Å². The second-order valence-electron chi connectivity index (χ2n) is 6.04. The molecule has 2 N–H and O–H groups in total. The maximum absolute atomic E-state index is 11.7. The summed E-state index contributed by atoms with van der Waals surface area (Å²) in [6, 6.07) is 0. The number of nitrogens with two attached hydrogens (primary N) is 1. The largest absolute Gasteiger partial charge is 0.461 e. The zero-order chi connectivity index (χ0) is 14.9. The number of carbonyl (C=O) groups excluding carboxylic acids is 1. The Hall–Kier alpha value is -1.56. The molecule has 6 heteroatoms. The van der Waals surface area contributed by atoms with Gasteiger partial charge in [-0.1, -0.05) is 12.8 Å². The number of nitrogens with zero attached hydrogens (tertiary/aromatic N) is 2. The van der Waals surface area contributed by atoms with Crippen molar-refractivity contribution in [2.75, 3.05) is 12.3 Å². The van der Waals surface area contributed by atoms with E-state index in [-0.39, 0.29) is 17.4 Å². The summed E-state index contributed by atoms with van der Waals surface area (Å²) in [6.45, 7) is 2.73. The van der Waals surface area contributed by atoms with Crippen LogP contribution in [0.5, 0.6) is 0 Å². The molecule has 1 atom stereocenters. The molecule has 6 nitrogen and oxygen atoms in total. The summed E-state index contributed by atoms with van der Waals surface area (Å²) >= 11 is 0. The van der Waals surface area contributed by atoms with Crippen LogP contribution in [-0.4, -0.2) is 34.1 Å². The molecule has 1 aliphatic heterocycles. The van der Waals surface area contributed by atoms with Crippen molar-refractivity contribution in [3.05, 3.63) is 11.9 Å². The summed E-state index contributed by atoms with van der Waals surface area (Å²) in [4.78, 5) is 11.7. The normalized spacial score (nSPS) is 23.8. The van der Waals surface area contributed by atoms with E-state index in [0.717, 1.165) is 12.8 Å². The first kappa shape index (κ1) is 14.4. The Kier molecular flexibility index (Phi) is 3.89. The average Bonchev–Trinajstić information content (AvgIpc) is 3.14. The number of anilines is 1. The molecule has 2 fully saturated rings. The summed E-state index contributed by atoms with van der Waals surface area (Å²) in [7, 11) is 0. The van der Waals surface area contributed by atoms with Crippen LogP contribution >= 0.6 is 0 Å². The zero-order valence-electron chi connectivity index (χ0n) is 12.5. The lowest BCUT2D eigenvalue weighted by Crippen LogP contribution is -2.26. The van der Waals surface area contributed by atoms with Gasteiger partial charge in [0.2, 0.25) is 0 Å². The van der Waals surface area contributed by atoms with Crippen molar-refractivity contribution < 1.29 is 14.3 Å². The molecule has 1 aromatic heterocycles. The van der Waals surface area contributed by atoms with Crippen LogP contribution in [0.3, 0.4) is 0 Å². The minimum Gasteiger partial charge on any atom is -0.461 e. The SMILES string of the molecule is CCOC(=O)c1nn(CC2CCC3(CCCC3)O2)cc1N. The van der Waals surface area contributed by atoms with Crippen molar-refractivity contribution in [1.29, 1.82) is 0 Å². The third kappa shape index (κ3) is 2.90. The lowest BCUT2D eigenvalue weighted by atomic mass is 9.98. The number of nitrogen functional groups attached to an aromatic ring is 1. The molecule has 1 aliphatic carbocycles. The summed E-state index contributed by atoms with van der Waals surface area (Å²) in [5.41, 5.74) is 6.52. The van der Waals surface area contributed by atoms with E-state index in [2.05, 4.69) is 5.10 Å². The zero-order valence-corrected chi connectivity index (χ0v) is 12.5. The predicted molar refractivity (Wildman–Crippen MR) is 77.9 cm³/mol. The van der Waals surface area contributed by atoms with Crippen molar-refractivity contribution in [3.8, 4) is 0 Å².